The smallest absolute Gasteiger partial charge is 0.115 e. The molecule has 2 rings (SSSR count). The monoisotopic (exact) mass is 277 g/mol. The zero-order valence-electron chi connectivity index (χ0n) is 12.8. The molecule has 0 spiro atoms. The van der Waals surface area contributed by atoms with Crippen LogP contribution in [0.1, 0.15) is 45.6 Å². The summed E-state index contributed by atoms with van der Waals surface area (Å²) in [5.74, 6) is 0.338. The van der Waals surface area contributed by atoms with Crippen LogP contribution in [0.5, 0.6) is 5.75 Å². The van der Waals surface area contributed by atoms with Crippen LogP contribution < -0.4 is 5.32 Å². The molecule has 1 aliphatic heterocycles. The van der Waals surface area contributed by atoms with Crippen molar-refractivity contribution in [3.05, 3.63) is 29.8 Å². The number of ether oxygens (including phenoxy) is 1. The summed E-state index contributed by atoms with van der Waals surface area (Å²) in [5.41, 5.74) is 1.28. The van der Waals surface area contributed by atoms with Crippen LogP contribution in [0.15, 0.2) is 24.3 Å². The summed E-state index contributed by atoms with van der Waals surface area (Å²) in [5, 5.41) is 13.0. The molecule has 112 valence electrons. The molecule has 1 aliphatic rings. The van der Waals surface area contributed by atoms with Gasteiger partial charge in [0, 0.05) is 12.1 Å². The molecule has 1 saturated heterocycles. The van der Waals surface area contributed by atoms with Crippen molar-refractivity contribution in [3.8, 4) is 5.75 Å². The Balaban J connectivity index is 1.74. The Hall–Kier alpha value is -1.06. The topological polar surface area (TPSA) is 41.5 Å². The van der Waals surface area contributed by atoms with Gasteiger partial charge in [-0.2, -0.15) is 0 Å². The number of benzene rings is 1. The van der Waals surface area contributed by atoms with Gasteiger partial charge in [0.2, 0.25) is 0 Å². The number of hydrogen-bond donors (Lipinski definition) is 2. The quantitative estimate of drug-likeness (QED) is 0.868. The standard InChI is InChI=1S/C17H27NO2/c1-12(4-5-15-6-8-17(19)9-7-15)18-16-10-13(2)20-14(3)11-16/h6-9,12-14,16,18-19H,4-5,10-11H2,1-3H3. The zero-order chi connectivity index (χ0) is 14.5. The number of aryl methyl sites for hydroxylation is 1. The van der Waals surface area contributed by atoms with E-state index in [4.69, 9.17) is 4.74 Å². The maximum atomic E-state index is 9.28. The number of rotatable bonds is 5. The molecule has 0 bridgehead atoms. The lowest BCUT2D eigenvalue weighted by Crippen LogP contribution is -2.44. The number of hydrogen-bond acceptors (Lipinski definition) is 3. The van der Waals surface area contributed by atoms with Crippen LogP contribution in [-0.4, -0.2) is 29.4 Å². The van der Waals surface area contributed by atoms with Crippen molar-refractivity contribution in [2.75, 3.05) is 0 Å². The minimum atomic E-state index is 0.338. The summed E-state index contributed by atoms with van der Waals surface area (Å²) < 4.78 is 5.77. The van der Waals surface area contributed by atoms with Crippen molar-refractivity contribution in [3.63, 3.8) is 0 Å². The Morgan fingerprint density at radius 3 is 2.40 bits per heavy atom. The number of phenolic OH excluding ortho intramolecular Hbond substituents is 1. The van der Waals surface area contributed by atoms with Crippen LogP contribution in [0.3, 0.4) is 0 Å². The van der Waals surface area contributed by atoms with Gasteiger partial charge in [-0.3, -0.25) is 0 Å². The van der Waals surface area contributed by atoms with Gasteiger partial charge < -0.3 is 15.2 Å². The lowest BCUT2D eigenvalue weighted by Gasteiger charge is -2.34. The van der Waals surface area contributed by atoms with E-state index in [1.807, 2.05) is 12.1 Å². The molecule has 3 nitrogen and oxygen atoms in total. The molecule has 3 heteroatoms. The van der Waals surface area contributed by atoms with Gasteiger partial charge in [0.15, 0.2) is 0 Å². The zero-order valence-corrected chi connectivity index (χ0v) is 12.8. The minimum absolute atomic E-state index is 0.338. The van der Waals surface area contributed by atoms with Gasteiger partial charge in [0.25, 0.3) is 0 Å². The molecule has 0 radical (unpaired) electrons. The van der Waals surface area contributed by atoms with E-state index in [2.05, 4.69) is 26.1 Å². The molecule has 0 saturated carbocycles. The van der Waals surface area contributed by atoms with Crippen LogP contribution in [0, 0.1) is 0 Å². The Morgan fingerprint density at radius 2 is 1.80 bits per heavy atom. The molecular weight excluding hydrogens is 250 g/mol. The predicted molar refractivity (Wildman–Crippen MR) is 82.1 cm³/mol. The molecule has 20 heavy (non-hydrogen) atoms. The highest BCUT2D eigenvalue weighted by Crippen LogP contribution is 2.20. The normalized spacial score (nSPS) is 28.2. The van der Waals surface area contributed by atoms with Gasteiger partial charge in [-0.1, -0.05) is 12.1 Å². The fraction of sp³-hybridized carbons (Fsp3) is 0.647. The SMILES string of the molecule is CC(CCc1ccc(O)cc1)NC1CC(C)OC(C)C1. The van der Waals surface area contributed by atoms with E-state index in [1.165, 1.54) is 5.56 Å². The lowest BCUT2D eigenvalue weighted by molar-refractivity contribution is -0.0433. The highest BCUT2D eigenvalue weighted by Gasteiger charge is 2.24. The Labute approximate surface area is 122 Å². The average molecular weight is 277 g/mol. The first-order chi connectivity index (χ1) is 9.52. The van der Waals surface area contributed by atoms with Crippen LogP contribution in [-0.2, 0) is 11.2 Å². The number of phenols is 1. The van der Waals surface area contributed by atoms with E-state index in [0.717, 1.165) is 25.7 Å². The van der Waals surface area contributed by atoms with Crippen molar-refractivity contribution in [1.82, 2.24) is 5.32 Å². The van der Waals surface area contributed by atoms with E-state index in [0.29, 0.717) is 30.0 Å². The molecule has 3 unspecified atom stereocenters. The summed E-state index contributed by atoms with van der Waals surface area (Å²) >= 11 is 0. The van der Waals surface area contributed by atoms with E-state index in [1.54, 1.807) is 12.1 Å². The van der Waals surface area contributed by atoms with Crippen LogP contribution in [0.4, 0.5) is 0 Å². The minimum Gasteiger partial charge on any atom is -0.508 e. The van der Waals surface area contributed by atoms with Crippen LogP contribution in [0.2, 0.25) is 0 Å². The second-order valence-electron chi connectivity index (χ2n) is 6.20. The molecule has 0 amide bonds. The van der Waals surface area contributed by atoms with Gasteiger partial charge in [-0.25, -0.2) is 0 Å². The van der Waals surface area contributed by atoms with E-state index >= 15 is 0 Å². The van der Waals surface area contributed by atoms with Crippen molar-refractivity contribution in [2.45, 2.75) is 70.7 Å². The fourth-order valence-corrected chi connectivity index (χ4v) is 3.07. The summed E-state index contributed by atoms with van der Waals surface area (Å²) in [4.78, 5) is 0. The summed E-state index contributed by atoms with van der Waals surface area (Å²) in [6.07, 6.45) is 5.09. The Bertz CT molecular complexity index is 394. The maximum absolute atomic E-state index is 9.28. The van der Waals surface area contributed by atoms with Crippen molar-refractivity contribution < 1.29 is 9.84 Å². The Morgan fingerprint density at radius 1 is 1.20 bits per heavy atom. The van der Waals surface area contributed by atoms with E-state index < -0.39 is 0 Å². The third kappa shape index (κ3) is 4.80. The molecule has 1 fully saturated rings. The molecule has 1 heterocycles. The second-order valence-corrected chi connectivity index (χ2v) is 6.20. The largest absolute Gasteiger partial charge is 0.508 e. The first-order valence-electron chi connectivity index (χ1n) is 7.72. The van der Waals surface area contributed by atoms with Crippen molar-refractivity contribution >= 4 is 0 Å². The Kier molecular flexibility index (Phi) is 5.44. The summed E-state index contributed by atoms with van der Waals surface area (Å²) in [6, 6.07) is 8.60. The van der Waals surface area contributed by atoms with Gasteiger partial charge >= 0.3 is 0 Å². The van der Waals surface area contributed by atoms with Crippen LogP contribution >= 0.6 is 0 Å². The van der Waals surface area contributed by atoms with Gasteiger partial charge in [0.1, 0.15) is 5.75 Å². The second kappa shape index (κ2) is 7.09. The summed E-state index contributed by atoms with van der Waals surface area (Å²) in [7, 11) is 0. The van der Waals surface area contributed by atoms with E-state index in [9.17, 15) is 5.11 Å². The average Bonchev–Trinajstić information content (AvgIpc) is 2.37. The fourth-order valence-electron chi connectivity index (χ4n) is 3.07. The van der Waals surface area contributed by atoms with Crippen molar-refractivity contribution in [2.24, 2.45) is 0 Å². The first-order valence-corrected chi connectivity index (χ1v) is 7.72. The van der Waals surface area contributed by atoms with Gasteiger partial charge in [-0.05, 0) is 64.2 Å². The van der Waals surface area contributed by atoms with Crippen LogP contribution in [0.25, 0.3) is 0 Å². The molecule has 2 N–H and O–H groups in total. The summed E-state index contributed by atoms with van der Waals surface area (Å²) in [6.45, 7) is 6.57. The number of aromatic hydroxyl groups is 1. The third-order valence-electron chi connectivity index (χ3n) is 4.02. The molecule has 0 aromatic heterocycles. The molecular formula is C17H27NO2. The van der Waals surface area contributed by atoms with E-state index in [-0.39, 0.29) is 0 Å². The molecule has 1 aromatic carbocycles. The number of nitrogens with one attached hydrogen (secondary N) is 1. The van der Waals surface area contributed by atoms with Gasteiger partial charge in [0.05, 0.1) is 12.2 Å². The molecule has 1 aromatic rings. The molecule has 3 atom stereocenters. The lowest BCUT2D eigenvalue weighted by atomic mass is 9.98. The van der Waals surface area contributed by atoms with Crippen molar-refractivity contribution in [1.29, 1.82) is 0 Å². The third-order valence-corrected chi connectivity index (χ3v) is 4.02. The van der Waals surface area contributed by atoms with Gasteiger partial charge in [-0.15, -0.1) is 0 Å². The predicted octanol–water partition coefficient (Wildman–Crippen LogP) is 3.26. The maximum Gasteiger partial charge on any atom is 0.115 e. The first kappa shape index (κ1) is 15.3. The highest BCUT2D eigenvalue weighted by molar-refractivity contribution is 5.25. The highest BCUT2D eigenvalue weighted by atomic mass is 16.5. The molecule has 0 aliphatic carbocycles.